The summed E-state index contributed by atoms with van der Waals surface area (Å²) >= 11 is 12.1. The Morgan fingerprint density at radius 3 is 2.33 bits per heavy atom. The molecule has 0 spiro atoms. The Morgan fingerprint density at radius 2 is 1.62 bits per heavy atom. The molecule has 0 saturated carbocycles. The number of para-hydroxylation sites is 1. The van der Waals surface area contributed by atoms with Crippen molar-refractivity contribution in [1.29, 1.82) is 0 Å². The maximum Gasteiger partial charge on any atom is 0.343 e. The van der Waals surface area contributed by atoms with Crippen molar-refractivity contribution < 1.29 is 28.6 Å². The second kappa shape index (κ2) is 14.2. The summed E-state index contributed by atoms with van der Waals surface area (Å²) in [6, 6.07) is 22.3. The van der Waals surface area contributed by atoms with Gasteiger partial charge in [-0.2, -0.15) is 5.10 Å². The molecule has 0 bridgehead atoms. The molecule has 2 N–H and O–H groups in total. The fourth-order valence-electron chi connectivity index (χ4n) is 3.72. The van der Waals surface area contributed by atoms with Crippen LogP contribution < -0.4 is 25.0 Å². The van der Waals surface area contributed by atoms with E-state index in [1.807, 2.05) is 0 Å². The maximum absolute atomic E-state index is 12.9. The minimum Gasteiger partial charge on any atom is -0.497 e. The van der Waals surface area contributed by atoms with E-state index < -0.39 is 17.8 Å². The number of esters is 1. The van der Waals surface area contributed by atoms with Crippen LogP contribution in [0.5, 0.6) is 17.2 Å². The summed E-state index contributed by atoms with van der Waals surface area (Å²) in [5.74, 6) is -0.450. The molecule has 11 heteroatoms. The molecule has 0 aromatic heterocycles. The Hall–Kier alpha value is -4.86. The van der Waals surface area contributed by atoms with Crippen molar-refractivity contribution in [2.45, 2.75) is 6.92 Å². The zero-order valence-electron chi connectivity index (χ0n) is 22.5. The van der Waals surface area contributed by atoms with Crippen LogP contribution in [0.15, 0.2) is 90.0 Å². The third-order valence-electron chi connectivity index (χ3n) is 5.77. The monoisotopic (exact) mass is 605 g/mol. The van der Waals surface area contributed by atoms with E-state index in [0.29, 0.717) is 34.3 Å². The number of rotatable bonds is 10. The van der Waals surface area contributed by atoms with Crippen molar-refractivity contribution >= 4 is 52.9 Å². The number of halogens is 2. The van der Waals surface area contributed by atoms with E-state index >= 15 is 0 Å². The Balaban J connectivity index is 1.44. The zero-order valence-corrected chi connectivity index (χ0v) is 24.0. The number of anilines is 1. The van der Waals surface area contributed by atoms with Gasteiger partial charge in [-0.05, 0) is 85.3 Å². The number of nitrogens with zero attached hydrogens (tertiary/aromatic N) is 1. The lowest BCUT2D eigenvalue weighted by Crippen LogP contribution is -2.21. The molecule has 0 aliphatic heterocycles. The fraction of sp³-hybridized carbons (Fsp3) is 0.0968. The normalized spacial score (nSPS) is 10.7. The van der Waals surface area contributed by atoms with E-state index in [2.05, 4.69) is 15.8 Å². The van der Waals surface area contributed by atoms with E-state index in [4.69, 9.17) is 37.4 Å². The molecule has 0 radical (unpaired) electrons. The van der Waals surface area contributed by atoms with Gasteiger partial charge < -0.3 is 19.5 Å². The second-order valence-electron chi connectivity index (χ2n) is 8.58. The van der Waals surface area contributed by atoms with E-state index in [-0.39, 0.29) is 27.6 Å². The predicted octanol–water partition coefficient (Wildman–Crippen LogP) is 6.64. The minimum absolute atomic E-state index is 0.180. The smallest absolute Gasteiger partial charge is 0.343 e. The van der Waals surface area contributed by atoms with Crippen molar-refractivity contribution in [3.05, 3.63) is 117 Å². The Kier molecular flexibility index (Phi) is 10.1. The van der Waals surface area contributed by atoms with Crippen molar-refractivity contribution in [1.82, 2.24) is 5.43 Å². The highest BCUT2D eigenvalue weighted by molar-refractivity contribution is 6.37. The van der Waals surface area contributed by atoms with Crippen LogP contribution in [0.2, 0.25) is 10.0 Å². The zero-order chi connectivity index (χ0) is 30.1. The van der Waals surface area contributed by atoms with E-state index in [1.54, 1.807) is 79.7 Å². The summed E-state index contributed by atoms with van der Waals surface area (Å²) in [7, 11) is 1.54. The first-order chi connectivity index (χ1) is 20.3. The van der Waals surface area contributed by atoms with Gasteiger partial charge in [0.25, 0.3) is 11.8 Å². The summed E-state index contributed by atoms with van der Waals surface area (Å²) < 4.78 is 16.3. The molecule has 0 aliphatic rings. The number of hydrazone groups is 1. The molecule has 42 heavy (non-hydrogen) atoms. The maximum atomic E-state index is 12.9. The van der Waals surface area contributed by atoms with Gasteiger partial charge >= 0.3 is 5.97 Å². The first-order valence-electron chi connectivity index (χ1n) is 12.6. The summed E-state index contributed by atoms with van der Waals surface area (Å²) in [5, 5.41) is 7.30. The van der Waals surface area contributed by atoms with Gasteiger partial charge in [-0.15, -0.1) is 0 Å². The van der Waals surface area contributed by atoms with Crippen LogP contribution in [0, 0.1) is 0 Å². The van der Waals surface area contributed by atoms with Crippen molar-refractivity contribution in [3.63, 3.8) is 0 Å². The average Bonchev–Trinajstić information content (AvgIpc) is 2.98. The minimum atomic E-state index is -0.559. The fourth-order valence-corrected chi connectivity index (χ4v) is 4.22. The van der Waals surface area contributed by atoms with Gasteiger partial charge in [-0.1, -0.05) is 35.3 Å². The van der Waals surface area contributed by atoms with Crippen molar-refractivity contribution in [2.24, 2.45) is 5.10 Å². The highest BCUT2D eigenvalue weighted by Gasteiger charge is 2.17. The molecule has 0 aliphatic carbocycles. The highest BCUT2D eigenvalue weighted by atomic mass is 35.5. The third kappa shape index (κ3) is 7.66. The van der Waals surface area contributed by atoms with Gasteiger partial charge in [0.1, 0.15) is 5.75 Å². The first kappa shape index (κ1) is 30.1. The summed E-state index contributed by atoms with van der Waals surface area (Å²) in [6.07, 6.45) is 1.41. The topological polar surface area (TPSA) is 115 Å². The summed E-state index contributed by atoms with van der Waals surface area (Å²) in [6.45, 7) is 2.13. The number of ether oxygens (including phenoxy) is 3. The van der Waals surface area contributed by atoms with Crippen LogP contribution in [0.3, 0.4) is 0 Å². The van der Waals surface area contributed by atoms with Gasteiger partial charge in [0.15, 0.2) is 11.5 Å². The molecule has 0 atom stereocenters. The van der Waals surface area contributed by atoms with Crippen LogP contribution in [0.25, 0.3) is 0 Å². The quantitative estimate of drug-likeness (QED) is 0.0906. The highest BCUT2D eigenvalue weighted by Crippen LogP contribution is 2.29. The molecule has 4 aromatic carbocycles. The number of hydrogen-bond donors (Lipinski definition) is 2. The molecular weight excluding hydrogens is 581 g/mol. The molecule has 4 rings (SSSR count). The van der Waals surface area contributed by atoms with Gasteiger partial charge in [0.05, 0.1) is 47.3 Å². The van der Waals surface area contributed by atoms with E-state index in [0.717, 1.165) is 0 Å². The van der Waals surface area contributed by atoms with Crippen LogP contribution in [-0.4, -0.2) is 37.7 Å². The number of carbonyl (C=O) groups excluding carboxylic acids is 3. The van der Waals surface area contributed by atoms with Gasteiger partial charge in [-0.25, -0.2) is 10.2 Å². The predicted molar refractivity (Wildman–Crippen MR) is 161 cm³/mol. The number of benzene rings is 4. The molecule has 0 unspecified atom stereocenters. The largest absolute Gasteiger partial charge is 0.497 e. The third-order valence-corrected chi connectivity index (χ3v) is 6.32. The molecule has 9 nitrogen and oxygen atoms in total. The van der Waals surface area contributed by atoms with Gasteiger partial charge in [0, 0.05) is 5.02 Å². The number of carbonyl (C=O) groups is 3. The Morgan fingerprint density at radius 1 is 0.857 bits per heavy atom. The van der Waals surface area contributed by atoms with Crippen LogP contribution in [-0.2, 0) is 0 Å². The van der Waals surface area contributed by atoms with E-state index in [1.165, 1.54) is 25.5 Å². The van der Waals surface area contributed by atoms with Crippen LogP contribution >= 0.6 is 23.2 Å². The molecule has 0 heterocycles. The summed E-state index contributed by atoms with van der Waals surface area (Å²) in [4.78, 5) is 38.3. The van der Waals surface area contributed by atoms with Crippen molar-refractivity contribution in [2.75, 3.05) is 19.0 Å². The molecule has 0 fully saturated rings. The SMILES string of the molecule is CCOc1cc(/C=N\NC(=O)c2ccccc2NC(=O)c2ccc(Cl)cc2Cl)ccc1OC(=O)c1ccc(OC)cc1. The second-order valence-corrected chi connectivity index (χ2v) is 9.42. The Labute approximate surface area is 252 Å². The standard InChI is InChI=1S/C31H25Cl2N3O6/c1-3-41-28-16-19(8-15-27(28)42-31(39)20-9-12-22(40-2)13-10-20)18-34-36-30(38)24-6-4-5-7-26(24)35-29(37)23-14-11-21(32)17-25(23)33/h4-18H,3H2,1-2H3,(H,35,37)(H,36,38)/b34-18-. The first-order valence-corrected chi connectivity index (χ1v) is 13.4. The molecular formula is C31H25Cl2N3O6. The number of methoxy groups -OCH3 is 1. The van der Waals surface area contributed by atoms with Gasteiger partial charge in [0.2, 0.25) is 0 Å². The lowest BCUT2D eigenvalue weighted by atomic mass is 10.1. The number of hydrogen-bond acceptors (Lipinski definition) is 7. The average molecular weight is 606 g/mol. The summed E-state index contributed by atoms with van der Waals surface area (Å²) in [5.41, 5.74) is 4.02. The Bertz CT molecular complexity index is 1640. The molecule has 214 valence electrons. The number of amides is 2. The van der Waals surface area contributed by atoms with Crippen molar-refractivity contribution in [3.8, 4) is 17.2 Å². The lowest BCUT2D eigenvalue weighted by molar-refractivity contribution is 0.0728. The van der Waals surface area contributed by atoms with Gasteiger partial charge in [-0.3, -0.25) is 9.59 Å². The van der Waals surface area contributed by atoms with E-state index in [9.17, 15) is 14.4 Å². The van der Waals surface area contributed by atoms with Crippen LogP contribution in [0.1, 0.15) is 43.6 Å². The number of nitrogens with one attached hydrogen (secondary N) is 2. The molecule has 2 amide bonds. The van der Waals surface area contributed by atoms with Crippen LogP contribution in [0.4, 0.5) is 5.69 Å². The molecule has 0 saturated heterocycles. The lowest BCUT2D eigenvalue weighted by Gasteiger charge is -2.12. The molecule has 4 aromatic rings.